The first-order valence-corrected chi connectivity index (χ1v) is 8.05. The van der Waals surface area contributed by atoms with Crippen LogP contribution in [0.3, 0.4) is 0 Å². The Balaban J connectivity index is 0.00000361. The van der Waals surface area contributed by atoms with E-state index in [0.29, 0.717) is 4.47 Å². The summed E-state index contributed by atoms with van der Waals surface area (Å²) in [6.45, 7) is 1.85. The van der Waals surface area contributed by atoms with Crippen LogP contribution in [0, 0.1) is 5.82 Å². The van der Waals surface area contributed by atoms with Crippen LogP contribution in [0.2, 0.25) is 0 Å². The molecule has 0 unspecified atom stereocenters. The third-order valence-corrected chi connectivity index (χ3v) is 3.93. The van der Waals surface area contributed by atoms with Gasteiger partial charge >= 0.3 is 0 Å². The third-order valence-electron chi connectivity index (χ3n) is 2.38. The summed E-state index contributed by atoms with van der Waals surface area (Å²) < 4.78 is 37.3. The first kappa shape index (κ1) is 19.3. The van der Waals surface area contributed by atoms with E-state index >= 15 is 0 Å². The van der Waals surface area contributed by atoms with Gasteiger partial charge in [0, 0.05) is 23.3 Å². The summed E-state index contributed by atoms with van der Waals surface area (Å²) in [6.07, 6.45) is 0.877. The Morgan fingerprint density at radius 3 is 2.50 bits per heavy atom. The molecule has 9 heteroatoms. The number of carbonyl (C=O) groups excluding carboxylic acids is 1. The van der Waals surface area contributed by atoms with Crippen molar-refractivity contribution in [3.05, 3.63) is 28.0 Å². The van der Waals surface area contributed by atoms with Gasteiger partial charge in [-0.3, -0.25) is 4.79 Å². The van der Waals surface area contributed by atoms with Crippen molar-refractivity contribution >= 4 is 44.1 Å². The zero-order chi connectivity index (χ0) is 14.8. The molecule has 5 nitrogen and oxygen atoms in total. The summed E-state index contributed by atoms with van der Waals surface area (Å²) in [4.78, 5) is 11.3. The van der Waals surface area contributed by atoms with E-state index in [9.17, 15) is 17.6 Å². The minimum atomic E-state index is -3.76. The molecule has 0 saturated heterocycles. The molecular formula is C11H15BrClFN2O3S. The number of hydrogen-bond acceptors (Lipinski definition) is 4. The van der Waals surface area contributed by atoms with E-state index in [-0.39, 0.29) is 30.6 Å². The lowest BCUT2D eigenvalue weighted by molar-refractivity contribution is 0.0936. The lowest BCUT2D eigenvalue weighted by Gasteiger charge is -2.13. The van der Waals surface area contributed by atoms with E-state index < -0.39 is 26.5 Å². The van der Waals surface area contributed by atoms with Gasteiger partial charge in [-0.1, -0.05) is 15.9 Å². The fourth-order valence-electron chi connectivity index (χ4n) is 1.36. The number of carbonyl (C=O) groups is 1. The predicted molar refractivity (Wildman–Crippen MR) is 80.4 cm³/mol. The fraction of sp³-hybridized carbons (Fsp3) is 0.364. The molecule has 0 saturated carbocycles. The summed E-state index contributed by atoms with van der Waals surface area (Å²) in [5.74, 6) is -1.77. The molecule has 0 radical (unpaired) electrons. The molecule has 0 fully saturated rings. The number of hydrogen-bond donors (Lipinski definition) is 2. The second-order valence-corrected chi connectivity index (χ2v) is 7.05. The third kappa shape index (κ3) is 4.69. The standard InChI is InChI=1S/C11H14BrFN2O3S.ClH/c1-6(5-14)15-11(16)8-3-7(12)4-9(10(8)13)19(2,17)18;/h3-4,6H,5,14H2,1-2H3,(H,15,16);1H/t6-;/m0./s1. The maximum Gasteiger partial charge on any atom is 0.254 e. The quantitative estimate of drug-likeness (QED) is 0.816. The van der Waals surface area contributed by atoms with Crippen molar-refractivity contribution in [3.63, 3.8) is 0 Å². The molecule has 0 spiro atoms. The van der Waals surface area contributed by atoms with Crippen molar-refractivity contribution < 1.29 is 17.6 Å². The minimum absolute atomic E-state index is 0. The van der Waals surface area contributed by atoms with Gasteiger partial charge in [0.2, 0.25) is 0 Å². The van der Waals surface area contributed by atoms with Crippen molar-refractivity contribution in [2.24, 2.45) is 5.73 Å². The van der Waals surface area contributed by atoms with Gasteiger partial charge < -0.3 is 11.1 Å². The summed E-state index contributed by atoms with van der Waals surface area (Å²) in [6, 6.07) is 2.00. The number of halogens is 3. The van der Waals surface area contributed by atoms with Crippen LogP contribution in [-0.2, 0) is 9.84 Å². The van der Waals surface area contributed by atoms with Crippen molar-refractivity contribution in [1.29, 1.82) is 0 Å². The molecule has 20 heavy (non-hydrogen) atoms. The largest absolute Gasteiger partial charge is 0.348 e. The van der Waals surface area contributed by atoms with Crippen LogP contribution >= 0.6 is 28.3 Å². The molecule has 0 aliphatic carbocycles. The molecule has 1 aromatic carbocycles. The van der Waals surface area contributed by atoms with Gasteiger partial charge in [-0.05, 0) is 19.1 Å². The highest BCUT2D eigenvalue weighted by Crippen LogP contribution is 2.24. The Hall–Kier alpha value is -0.700. The van der Waals surface area contributed by atoms with Gasteiger partial charge in [0.1, 0.15) is 4.90 Å². The number of nitrogens with two attached hydrogens (primary N) is 1. The van der Waals surface area contributed by atoms with Crippen molar-refractivity contribution in [3.8, 4) is 0 Å². The summed E-state index contributed by atoms with van der Waals surface area (Å²) in [5, 5.41) is 2.47. The van der Waals surface area contributed by atoms with Gasteiger partial charge in [-0.15, -0.1) is 12.4 Å². The molecule has 1 amide bonds. The topological polar surface area (TPSA) is 89.3 Å². The van der Waals surface area contributed by atoms with Crippen LogP contribution in [0.5, 0.6) is 0 Å². The zero-order valence-corrected chi connectivity index (χ0v) is 14.0. The molecule has 1 rings (SSSR count). The van der Waals surface area contributed by atoms with E-state index in [1.165, 1.54) is 6.07 Å². The number of nitrogens with one attached hydrogen (secondary N) is 1. The molecule has 3 N–H and O–H groups in total. The molecule has 0 aliphatic rings. The average Bonchev–Trinajstić information content (AvgIpc) is 2.29. The second kappa shape index (κ2) is 7.35. The maximum atomic E-state index is 14.1. The maximum absolute atomic E-state index is 14.1. The smallest absolute Gasteiger partial charge is 0.254 e. The van der Waals surface area contributed by atoms with Gasteiger partial charge in [0.15, 0.2) is 15.7 Å². The van der Waals surface area contributed by atoms with Crippen LogP contribution in [0.1, 0.15) is 17.3 Å². The highest BCUT2D eigenvalue weighted by molar-refractivity contribution is 9.10. The lowest BCUT2D eigenvalue weighted by Crippen LogP contribution is -2.38. The van der Waals surface area contributed by atoms with E-state index in [1.54, 1.807) is 6.92 Å². The van der Waals surface area contributed by atoms with Crippen LogP contribution in [-0.4, -0.2) is 33.2 Å². The van der Waals surface area contributed by atoms with E-state index in [2.05, 4.69) is 21.2 Å². The van der Waals surface area contributed by atoms with E-state index in [1.807, 2.05) is 0 Å². The van der Waals surface area contributed by atoms with Crippen LogP contribution in [0.25, 0.3) is 0 Å². The molecule has 0 bridgehead atoms. The molecule has 1 aromatic rings. The number of amides is 1. The molecule has 0 aromatic heterocycles. The summed E-state index contributed by atoms with van der Waals surface area (Å²) in [7, 11) is -3.76. The second-order valence-electron chi connectivity index (χ2n) is 4.15. The van der Waals surface area contributed by atoms with Crippen molar-refractivity contribution in [2.45, 2.75) is 17.9 Å². The Morgan fingerprint density at radius 1 is 1.50 bits per heavy atom. The zero-order valence-electron chi connectivity index (χ0n) is 10.8. The molecule has 0 heterocycles. The van der Waals surface area contributed by atoms with Gasteiger partial charge in [0.05, 0.1) is 5.56 Å². The average molecular weight is 390 g/mol. The van der Waals surface area contributed by atoms with Gasteiger partial charge in [0.25, 0.3) is 5.91 Å². The van der Waals surface area contributed by atoms with E-state index in [4.69, 9.17) is 5.73 Å². The molecule has 0 aliphatic heterocycles. The number of rotatable bonds is 4. The Morgan fingerprint density at radius 2 is 2.05 bits per heavy atom. The normalized spacial score (nSPS) is 12.4. The lowest BCUT2D eigenvalue weighted by atomic mass is 10.2. The fourth-order valence-corrected chi connectivity index (χ4v) is 2.75. The Bertz CT molecular complexity index is 610. The van der Waals surface area contributed by atoms with Crippen LogP contribution in [0.15, 0.2) is 21.5 Å². The first-order chi connectivity index (χ1) is 8.66. The predicted octanol–water partition coefficient (Wildman–Crippen LogP) is 1.49. The van der Waals surface area contributed by atoms with Crippen molar-refractivity contribution in [1.82, 2.24) is 5.32 Å². The van der Waals surface area contributed by atoms with Crippen molar-refractivity contribution in [2.75, 3.05) is 12.8 Å². The Labute approximate surface area is 131 Å². The van der Waals surface area contributed by atoms with Crippen LogP contribution in [0.4, 0.5) is 4.39 Å². The van der Waals surface area contributed by atoms with Gasteiger partial charge in [-0.2, -0.15) is 0 Å². The summed E-state index contributed by atoms with van der Waals surface area (Å²) in [5.41, 5.74) is 5.01. The SMILES string of the molecule is C[C@@H](CN)NC(=O)c1cc(Br)cc(S(C)(=O)=O)c1F.Cl. The first-order valence-electron chi connectivity index (χ1n) is 5.37. The van der Waals surface area contributed by atoms with Crippen LogP contribution < -0.4 is 11.1 Å². The highest BCUT2D eigenvalue weighted by atomic mass is 79.9. The minimum Gasteiger partial charge on any atom is -0.348 e. The van der Waals surface area contributed by atoms with E-state index in [0.717, 1.165) is 12.3 Å². The van der Waals surface area contributed by atoms with Gasteiger partial charge in [-0.25, -0.2) is 12.8 Å². The Kier molecular flexibility index (Phi) is 7.09. The monoisotopic (exact) mass is 388 g/mol. The number of benzene rings is 1. The molecule has 114 valence electrons. The molecule has 1 atom stereocenters. The highest BCUT2D eigenvalue weighted by Gasteiger charge is 2.22. The molecular weight excluding hydrogens is 375 g/mol. The number of sulfone groups is 1. The summed E-state index contributed by atoms with van der Waals surface area (Å²) >= 11 is 3.06.